The number of methoxy groups -OCH3 is 1. The number of likely N-dealkylation sites (tertiary alicyclic amines) is 1. The molecule has 3 rings (SSSR count). The van der Waals surface area contributed by atoms with Gasteiger partial charge in [-0.05, 0) is 44.9 Å². The molecule has 6 heteroatoms. The van der Waals surface area contributed by atoms with Crippen LogP contribution >= 0.6 is 0 Å². The molecule has 1 N–H and O–H groups in total. The van der Waals surface area contributed by atoms with Crippen LogP contribution in [0.2, 0.25) is 0 Å². The number of aromatic nitrogens is 2. The Labute approximate surface area is 136 Å². The van der Waals surface area contributed by atoms with Crippen LogP contribution in [0.25, 0.3) is 11.5 Å². The van der Waals surface area contributed by atoms with E-state index in [4.69, 9.17) is 9.15 Å². The fourth-order valence-electron chi connectivity index (χ4n) is 3.19. The van der Waals surface area contributed by atoms with Crippen molar-refractivity contribution in [2.75, 3.05) is 13.7 Å². The van der Waals surface area contributed by atoms with Crippen LogP contribution in [0.4, 0.5) is 0 Å². The normalized spacial score (nSPS) is 19.9. The Morgan fingerprint density at radius 2 is 2.22 bits per heavy atom. The zero-order valence-corrected chi connectivity index (χ0v) is 13.6. The number of hydrogen-bond acceptors (Lipinski definition) is 6. The number of para-hydroxylation sites is 1. The number of benzene rings is 1. The van der Waals surface area contributed by atoms with Crippen LogP contribution in [0.1, 0.15) is 32.1 Å². The van der Waals surface area contributed by atoms with Crippen LogP contribution in [-0.2, 0) is 6.54 Å². The second kappa shape index (κ2) is 7.10. The molecule has 1 aliphatic heterocycles. The Kier molecular flexibility index (Phi) is 4.93. The molecule has 23 heavy (non-hydrogen) atoms. The summed E-state index contributed by atoms with van der Waals surface area (Å²) in [7, 11) is 1.63. The lowest BCUT2D eigenvalue weighted by atomic mass is 10.1. The highest BCUT2D eigenvalue weighted by Crippen LogP contribution is 2.29. The summed E-state index contributed by atoms with van der Waals surface area (Å²) in [4.78, 5) is 2.31. The van der Waals surface area contributed by atoms with Crippen molar-refractivity contribution < 1.29 is 14.3 Å². The molecule has 1 aromatic carbocycles. The van der Waals surface area contributed by atoms with Gasteiger partial charge < -0.3 is 14.3 Å². The van der Waals surface area contributed by atoms with Gasteiger partial charge in [0.15, 0.2) is 0 Å². The van der Waals surface area contributed by atoms with Crippen molar-refractivity contribution in [3.8, 4) is 17.2 Å². The van der Waals surface area contributed by atoms with Gasteiger partial charge in [-0.2, -0.15) is 0 Å². The summed E-state index contributed by atoms with van der Waals surface area (Å²) in [5, 5.41) is 17.9. The van der Waals surface area contributed by atoms with E-state index in [1.54, 1.807) is 7.11 Å². The summed E-state index contributed by atoms with van der Waals surface area (Å²) in [6.07, 6.45) is 2.75. The molecule has 0 spiro atoms. The number of aliphatic hydroxyl groups excluding tert-OH is 1. The minimum absolute atomic E-state index is 0.285. The van der Waals surface area contributed by atoms with Crippen LogP contribution in [0, 0.1) is 0 Å². The molecular weight excluding hydrogens is 294 g/mol. The molecule has 2 unspecified atom stereocenters. The number of aliphatic hydroxyl groups is 1. The van der Waals surface area contributed by atoms with E-state index in [-0.39, 0.29) is 6.10 Å². The maximum atomic E-state index is 9.62. The summed E-state index contributed by atoms with van der Waals surface area (Å²) < 4.78 is 11.2. The van der Waals surface area contributed by atoms with Gasteiger partial charge in [-0.15, -0.1) is 10.2 Å². The van der Waals surface area contributed by atoms with E-state index in [1.165, 1.54) is 0 Å². The Bertz CT molecular complexity index is 642. The number of ether oxygens (including phenoxy) is 1. The molecule has 0 saturated carbocycles. The van der Waals surface area contributed by atoms with E-state index >= 15 is 0 Å². The molecule has 0 bridgehead atoms. The average molecular weight is 317 g/mol. The number of rotatable bonds is 6. The Morgan fingerprint density at radius 3 is 3.00 bits per heavy atom. The van der Waals surface area contributed by atoms with Crippen LogP contribution in [0.5, 0.6) is 5.75 Å². The third-order valence-electron chi connectivity index (χ3n) is 4.25. The van der Waals surface area contributed by atoms with Gasteiger partial charge in [-0.3, -0.25) is 4.90 Å². The summed E-state index contributed by atoms with van der Waals surface area (Å²) in [6.45, 7) is 3.46. The molecule has 0 aliphatic carbocycles. The quantitative estimate of drug-likeness (QED) is 0.882. The minimum atomic E-state index is -0.285. The maximum absolute atomic E-state index is 9.62. The second-order valence-electron chi connectivity index (χ2n) is 6.05. The largest absolute Gasteiger partial charge is 0.496 e. The lowest BCUT2D eigenvalue weighted by molar-refractivity contribution is 0.126. The van der Waals surface area contributed by atoms with Crippen molar-refractivity contribution in [2.24, 2.45) is 0 Å². The maximum Gasteiger partial charge on any atom is 0.251 e. The first-order chi connectivity index (χ1) is 11.2. The molecular formula is C17H23N3O3. The topological polar surface area (TPSA) is 71.6 Å². The fourth-order valence-corrected chi connectivity index (χ4v) is 3.19. The van der Waals surface area contributed by atoms with E-state index in [2.05, 4.69) is 15.1 Å². The predicted molar refractivity (Wildman–Crippen MR) is 86.0 cm³/mol. The summed E-state index contributed by atoms with van der Waals surface area (Å²) >= 11 is 0. The number of hydrogen-bond donors (Lipinski definition) is 1. The molecule has 2 aromatic rings. The number of nitrogens with zero attached hydrogens (tertiary/aromatic N) is 3. The standard InChI is InChI=1S/C17H23N3O3/c1-12(21)10-13-6-5-9-20(13)11-16-18-19-17(23-16)14-7-3-4-8-15(14)22-2/h3-4,7-8,12-13,21H,5-6,9-11H2,1-2H3. The van der Waals surface area contributed by atoms with Gasteiger partial charge in [0.1, 0.15) is 5.75 Å². The molecule has 1 aliphatic rings. The molecule has 2 atom stereocenters. The first-order valence-corrected chi connectivity index (χ1v) is 8.05. The molecule has 1 aromatic heterocycles. The molecule has 0 amide bonds. The Hall–Kier alpha value is -1.92. The van der Waals surface area contributed by atoms with Gasteiger partial charge in [0.2, 0.25) is 5.89 Å². The zero-order valence-electron chi connectivity index (χ0n) is 13.6. The molecule has 1 saturated heterocycles. The molecule has 2 heterocycles. The highest BCUT2D eigenvalue weighted by molar-refractivity contribution is 5.62. The SMILES string of the molecule is COc1ccccc1-c1nnc(CN2CCCC2CC(C)O)o1. The predicted octanol–water partition coefficient (Wildman–Crippen LogP) is 2.48. The monoisotopic (exact) mass is 317 g/mol. The summed E-state index contributed by atoms with van der Waals surface area (Å²) in [5.74, 6) is 1.79. The third-order valence-corrected chi connectivity index (χ3v) is 4.25. The highest BCUT2D eigenvalue weighted by Gasteiger charge is 2.27. The summed E-state index contributed by atoms with van der Waals surface area (Å²) in [5.41, 5.74) is 0.802. The van der Waals surface area contributed by atoms with Crippen LogP contribution in [0.3, 0.4) is 0 Å². The highest BCUT2D eigenvalue weighted by atomic mass is 16.5. The van der Waals surface area contributed by atoms with Crippen LogP contribution < -0.4 is 4.74 Å². The van der Waals surface area contributed by atoms with Crippen molar-refractivity contribution >= 4 is 0 Å². The average Bonchev–Trinajstić information content (AvgIpc) is 3.17. The lowest BCUT2D eigenvalue weighted by Crippen LogP contribution is -2.31. The van der Waals surface area contributed by atoms with E-state index in [0.717, 1.165) is 37.1 Å². The van der Waals surface area contributed by atoms with Crippen LogP contribution in [0.15, 0.2) is 28.7 Å². The van der Waals surface area contributed by atoms with Gasteiger partial charge in [-0.1, -0.05) is 12.1 Å². The van der Waals surface area contributed by atoms with Crippen molar-refractivity contribution in [3.63, 3.8) is 0 Å². The van der Waals surface area contributed by atoms with E-state index in [1.807, 2.05) is 31.2 Å². The molecule has 124 valence electrons. The fraction of sp³-hybridized carbons (Fsp3) is 0.529. The zero-order chi connectivity index (χ0) is 16.2. The molecule has 1 fully saturated rings. The Balaban J connectivity index is 1.72. The van der Waals surface area contributed by atoms with Crippen molar-refractivity contribution in [3.05, 3.63) is 30.2 Å². The third kappa shape index (κ3) is 3.71. The second-order valence-corrected chi connectivity index (χ2v) is 6.05. The van der Waals surface area contributed by atoms with Crippen molar-refractivity contribution in [1.29, 1.82) is 0 Å². The van der Waals surface area contributed by atoms with Crippen molar-refractivity contribution in [1.82, 2.24) is 15.1 Å². The first-order valence-electron chi connectivity index (χ1n) is 8.05. The smallest absolute Gasteiger partial charge is 0.251 e. The molecule has 0 radical (unpaired) electrons. The van der Waals surface area contributed by atoms with Gasteiger partial charge in [-0.25, -0.2) is 0 Å². The Morgan fingerprint density at radius 1 is 1.39 bits per heavy atom. The van der Waals surface area contributed by atoms with E-state index in [9.17, 15) is 5.11 Å². The lowest BCUT2D eigenvalue weighted by Gasteiger charge is -2.23. The van der Waals surface area contributed by atoms with Gasteiger partial charge in [0, 0.05) is 6.04 Å². The van der Waals surface area contributed by atoms with Gasteiger partial charge in [0.05, 0.1) is 25.3 Å². The summed E-state index contributed by atoms with van der Waals surface area (Å²) in [6, 6.07) is 7.99. The van der Waals surface area contributed by atoms with E-state index < -0.39 is 0 Å². The van der Waals surface area contributed by atoms with Crippen LogP contribution in [-0.4, -0.2) is 46.0 Å². The molecule has 6 nitrogen and oxygen atoms in total. The van der Waals surface area contributed by atoms with Gasteiger partial charge >= 0.3 is 0 Å². The van der Waals surface area contributed by atoms with E-state index in [0.29, 0.717) is 24.4 Å². The van der Waals surface area contributed by atoms with Gasteiger partial charge in [0.25, 0.3) is 5.89 Å². The first kappa shape index (κ1) is 16.0. The minimum Gasteiger partial charge on any atom is -0.496 e. The van der Waals surface area contributed by atoms with Crippen molar-refractivity contribution in [2.45, 2.75) is 44.9 Å².